The lowest BCUT2D eigenvalue weighted by molar-refractivity contribution is 0.0936. The Morgan fingerprint density at radius 3 is 2.88 bits per heavy atom. The molecule has 1 unspecified atom stereocenters. The summed E-state index contributed by atoms with van der Waals surface area (Å²) in [6.07, 6.45) is 1.77. The first-order valence-electron chi connectivity index (χ1n) is 4.68. The Hall–Kier alpha value is -1.08. The van der Waals surface area contributed by atoms with Crippen molar-refractivity contribution < 1.29 is 13.2 Å². The molecule has 1 amide bonds. The zero-order valence-electron chi connectivity index (χ0n) is 8.23. The Morgan fingerprint density at radius 2 is 2.38 bits per heavy atom. The third-order valence-corrected chi connectivity index (χ3v) is 4.44. The molecule has 0 aliphatic carbocycles. The normalized spacial score (nSPS) is 23.2. The SMILES string of the molecule is O=C(NC1CCS(=O)(=O)C1)c1[nH]ncc1Cl. The maximum absolute atomic E-state index is 11.6. The molecular formula is C8H10ClN3O3S. The van der Waals surface area contributed by atoms with Crippen molar-refractivity contribution in [3.8, 4) is 0 Å². The third kappa shape index (κ3) is 2.35. The van der Waals surface area contributed by atoms with Crippen molar-refractivity contribution >= 4 is 27.3 Å². The van der Waals surface area contributed by atoms with Crippen LogP contribution in [-0.2, 0) is 9.84 Å². The molecule has 2 heterocycles. The summed E-state index contributed by atoms with van der Waals surface area (Å²) in [4.78, 5) is 11.6. The highest BCUT2D eigenvalue weighted by atomic mass is 35.5. The molecule has 16 heavy (non-hydrogen) atoms. The number of aromatic nitrogens is 2. The molecule has 0 spiro atoms. The van der Waals surface area contributed by atoms with Crippen LogP contribution >= 0.6 is 11.6 Å². The molecule has 1 aromatic rings. The average Bonchev–Trinajstić information content (AvgIpc) is 2.72. The van der Waals surface area contributed by atoms with E-state index in [0.717, 1.165) is 0 Å². The van der Waals surface area contributed by atoms with E-state index in [9.17, 15) is 13.2 Å². The second kappa shape index (κ2) is 4.06. The Morgan fingerprint density at radius 1 is 1.62 bits per heavy atom. The number of nitrogens with zero attached hydrogens (tertiary/aromatic N) is 1. The second-order valence-electron chi connectivity index (χ2n) is 3.67. The van der Waals surface area contributed by atoms with E-state index < -0.39 is 15.7 Å². The van der Waals surface area contributed by atoms with Crippen LogP contribution in [0, 0.1) is 0 Å². The number of hydrogen-bond donors (Lipinski definition) is 2. The minimum atomic E-state index is -2.99. The molecule has 0 aromatic carbocycles. The highest BCUT2D eigenvalue weighted by Crippen LogP contribution is 2.14. The molecule has 88 valence electrons. The lowest BCUT2D eigenvalue weighted by Crippen LogP contribution is -2.35. The maximum atomic E-state index is 11.6. The molecule has 0 saturated carbocycles. The molecule has 1 atom stereocenters. The predicted octanol–water partition coefficient (Wildman–Crippen LogP) is -0.0200. The number of H-pyrrole nitrogens is 1. The first kappa shape index (κ1) is 11.4. The Kier molecular flexibility index (Phi) is 2.90. The van der Waals surface area contributed by atoms with Gasteiger partial charge in [-0.2, -0.15) is 5.10 Å². The van der Waals surface area contributed by atoms with Gasteiger partial charge < -0.3 is 5.32 Å². The van der Waals surface area contributed by atoms with E-state index in [2.05, 4.69) is 15.5 Å². The fraction of sp³-hybridized carbons (Fsp3) is 0.500. The second-order valence-corrected chi connectivity index (χ2v) is 6.30. The number of halogens is 1. The number of carbonyl (C=O) groups excluding carboxylic acids is 1. The van der Waals surface area contributed by atoms with Gasteiger partial charge in [0.05, 0.1) is 22.7 Å². The molecule has 1 aliphatic rings. The molecule has 2 rings (SSSR count). The topological polar surface area (TPSA) is 91.9 Å². The first-order chi connectivity index (χ1) is 7.48. The molecule has 2 N–H and O–H groups in total. The van der Waals surface area contributed by atoms with E-state index in [1.165, 1.54) is 6.20 Å². The smallest absolute Gasteiger partial charge is 0.271 e. The Bertz CT molecular complexity index is 510. The van der Waals surface area contributed by atoms with E-state index in [-0.39, 0.29) is 28.3 Å². The van der Waals surface area contributed by atoms with Gasteiger partial charge in [-0.05, 0) is 6.42 Å². The van der Waals surface area contributed by atoms with Gasteiger partial charge >= 0.3 is 0 Å². The number of carbonyl (C=O) groups is 1. The van der Waals surface area contributed by atoms with Crippen LogP contribution in [-0.4, -0.2) is 42.1 Å². The minimum absolute atomic E-state index is 0.00943. The number of rotatable bonds is 2. The van der Waals surface area contributed by atoms with E-state index in [4.69, 9.17) is 11.6 Å². The predicted molar refractivity (Wildman–Crippen MR) is 58.1 cm³/mol. The number of aromatic amines is 1. The minimum Gasteiger partial charge on any atom is -0.347 e. The van der Waals surface area contributed by atoms with E-state index in [1.54, 1.807) is 0 Å². The van der Waals surface area contributed by atoms with Crippen LogP contribution in [0.4, 0.5) is 0 Å². The molecule has 8 heteroatoms. The summed E-state index contributed by atoms with van der Waals surface area (Å²) in [6, 6.07) is -0.336. The van der Waals surface area contributed by atoms with Crippen molar-refractivity contribution in [1.29, 1.82) is 0 Å². The molecule has 0 radical (unpaired) electrons. The number of hydrogen-bond acceptors (Lipinski definition) is 4. The number of nitrogens with one attached hydrogen (secondary N) is 2. The zero-order valence-corrected chi connectivity index (χ0v) is 9.81. The van der Waals surface area contributed by atoms with Gasteiger partial charge in [0.25, 0.3) is 5.91 Å². The lowest BCUT2D eigenvalue weighted by atomic mass is 10.2. The van der Waals surface area contributed by atoms with Gasteiger partial charge in [0, 0.05) is 6.04 Å². The van der Waals surface area contributed by atoms with Gasteiger partial charge in [-0.1, -0.05) is 11.6 Å². The van der Waals surface area contributed by atoms with Crippen LogP contribution < -0.4 is 5.32 Å². The first-order valence-corrected chi connectivity index (χ1v) is 6.88. The Balaban J connectivity index is 2.02. The summed E-state index contributed by atoms with van der Waals surface area (Å²) in [5.41, 5.74) is 0.158. The number of sulfone groups is 1. The maximum Gasteiger partial charge on any atom is 0.271 e. The van der Waals surface area contributed by atoms with E-state index >= 15 is 0 Å². The molecule has 1 fully saturated rings. The fourth-order valence-electron chi connectivity index (χ4n) is 1.60. The van der Waals surface area contributed by atoms with Crippen LogP contribution in [0.25, 0.3) is 0 Å². The highest BCUT2D eigenvalue weighted by Gasteiger charge is 2.29. The van der Waals surface area contributed by atoms with Gasteiger partial charge in [-0.3, -0.25) is 9.89 Å². The fourth-order valence-corrected chi connectivity index (χ4v) is 3.45. The van der Waals surface area contributed by atoms with Crippen LogP contribution in [0.2, 0.25) is 5.02 Å². The summed E-state index contributed by atoms with van der Waals surface area (Å²) < 4.78 is 22.4. The van der Waals surface area contributed by atoms with Crippen molar-refractivity contribution in [2.75, 3.05) is 11.5 Å². The summed E-state index contributed by atoms with van der Waals surface area (Å²) in [6.45, 7) is 0. The summed E-state index contributed by atoms with van der Waals surface area (Å²) >= 11 is 5.70. The van der Waals surface area contributed by atoms with Gasteiger partial charge in [-0.15, -0.1) is 0 Å². The van der Waals surface area contributed by atoms with Crippen molar-refractivity contribution in [3.63, 3.8) is 0 Å². The van der Waals surface area contributed by atoms with Crippen LogP contribution in [0.3, 0.4) is 0 Å². The molecule has 1 aliphatic heterocycles. The third-order valence-electron chi connectivity index (χ3n) is 2.39. The van der Waals surface area contributed by atoms with Gasteiger partial charge in [0.15, 0.2) is 9.84 Å². The van der Waals surface area contributed by atoms with E-state index in [0.29, 0.717) is 6.42 Å². The summed E-state index contributed by atoms with van der Waals surface area (Å²) in [5, 5.41) is 8.89. The van der Waals surface area contributed by atoms with Crippen molar-refractivity contribution in [2.24, 2.45) is 0 Å². The lowest BCUT2D eigenvalue weighted by Gasteiger charge is -2.09. The summed E-state index contributed by atoms with van der Waals surface area (Å²) in [7, 11) is -2.99. The monoisotopic (exact) mass is 263 g/mol. The van der Waals surface area contributed by atoms with Crippen LogP contribution in [0.5, 0.6) is 0 Å². The van der Waals surface area contributed by atoms with E-state index in [1.807, 2.05) is 0 Å². The highest BCUT2D eigenvalue weighted by molar-refractivity contribution is 7.91. The molecule has 1 saturated heterocycles. The van der Waals surface area contributed by atoms with Gasteiger partial charge in [0.1, 0.15) is 5.69 Å². The molecule has 6 nitrogen and oxygen atoms in total. The van der Waals surface area contributed by atoms with Gasteiger partial charge in [-0.25, -0.2) is 8.42 Å². The largest absolute Gasteiger partial charge is 0.347 e. The average molecular weight is 264 g/mol. The molecular weight excluding hydrogens is 254 g/mol. The van der Waals surface area contributed by atoms with Crippen LogP contribution in [0.15, 0.2) is 6.20 Å². The van der Waals surface area contributed by atoms with Crippen molar-refractivity contribution in [3.05, 3.63) is 16.9 Å². The molecule has 1 aromatic heterocycles. The Labute approximate surface area is 97.3 Å². The molecule has 0 bridgehead atoms. The van der Waals surface area contributed by atoms with Crippen molar-refractivity contribution in [1.82, 2.24) is 15.5 Å². The summed E-state index contributed by atoms with van der Waals surface area (Å²) in [5.74, 6) is -0.316. The van der Waals surface area contributed by atoms with Gasteiger partial charge in [0.2, 0.25) is 0 Å². The zero-order chi connectivity index (χ0) is 11.8. The number of amides is 1. The van der Waals surface area contributed by atoms with Crippen LogP contribution in [0.1, 0.15) is 16.9 Å². The van der Waals surface area contributed by atoms with Crippen molar-refractivity contribution in [2.45, 2.75) is 12.5 Å². The quantitative estimate of drug-likeness (QED) is 0.784. The standard InChI is InChI=1S/C8H10ClN3O3S/c9-6-3-10-12-7(6)8(13)11-5-1-2-16(14,15)4-5/h3,5H,1-2,4H2,(H,10,12)(H,11,13).